The van der Waals surface area contributed by atoms with Crippen LogP contribution in [0, 0.1) is 5.92 Å². The predicted molar refractivity (Wildman–Crippen MR) is 144 cm³/mol. The summed E-state index contributed by atoms with van der Waals surface area (Å²) in [4.78, 5) is 29.2. The summed E-state index contributed by atoms with van der Waals surface area (Å²) in [7, 11) is -2.26. The number of piperidine rings is 1. The molecule has 0 spiro atoms. The first-order valence-electron chi connectivity index (χ1n) is 12.0. The Hall–Kier alpha value is -1.98. The maximum atomic E-state index is 13.0. The first-order valence-corrected chi connectivity index (χ1v) is 14.3. The number of carbonyl (C=O) groups is 2. The normalized spacial score (nSPS) is 18.9. The first kappa shape index (κ1) is 28.6. The molecule has 1 saturated heterocycles. The molecule has 0 radical (unpaired) electrons. The van der Waals surface area contributed by atoms with E-state index in [1.165, 1.54) is 47.0 Å². The van der Waals surface area contributed by atoms with Crippen molar-refractivity contribution in [2.45, 2.75) is 57.5 Å². The third-order valence-corrected chi connectivity index (χ3v) is 9.82. The molecule has 1 atom stereocenters. The first-order chi connectivity index (χ1) is 16.6. The highest BCUT2D eigenvalue weighted by Gasteiger charge is 2.31. The molecule has 3 heterocycles. The van der Waals surface area contributed by atoms with E-state index in [2.05, 4.69) is 31.0 Å². The predicted octanol–water partition coefficient (Wildman–Crippen LogP) is 4.40. The van der Waals surface area contributed by atoms with E-state index in [9.17, 15) is 18.0 Å². The lowest BCUT2D eigenvalue weighted by Gasteiger charge is -2.30. The van der Waals surface area contributed by atoms with Crippen LogP contribution >= 0.6 is 23.7 Å². The molecular formula is C25H34ClN3O5S2. The van der Waals surface area contributed by atoms with Gasteiger partial charge in [-0.2, -0.15) is 4.31 Å². The largest absolute Gasteiger partial charge is 0.465 e. The summed E-state index contributed by atoms with van der Waals surface area (Å²) in [5.41, 5.74) is 1.68. The second-order valence-corrected chi connectivity index (χ2v) is 12.6. The lowest BCUT2D eigenvalue weighted by Crippen LogP contribution is -2.39. The second kappa shape index (κ2) is 11.6. The summed E-state index contributed by atoms with van der Waals surface area (Å²) in [5.74, 6) is -0.533. The zero-order valence-corrected chi connectivity index (χ0v) is 23.5. The van der Waals surface area contributed by atoms with E-state index in [0.29, 0.717) is 47.6 Å². The number of anilines is 1. The van der Waals surface area contributed by atoms with Gasteiger partial charge >= 0.3 is 5.97 Å². The van der Waals surface area contributed by atoms with Crippen LogP contribution in [0.4, 0.5) is 5.00 Å². The molecule has 0 aliphatic carbocycles. The van der Waals surface area contributed by atoms with Crippen molar-refractivity contribution in [3.63, 3.8) is 0 Å². The molecule has 8 nitrogen and oxygen atoms in total. The van der Waals surface area contributed by atoms with E-state index >= 15 is 0 Å². The Bertz CT molecular complexity index is 1210. The Labute approximate surface area is 223 Å². The Morgan fingerprint density at radius 3 is 2.47 bits per heavy atom. The molecule has 1 unspecified atom stereocenters. The van der Waals surface area contributed by atoms with E-state index in [1.54, 1.807) is 0 Å². The smallest absolute Gasteiger partial charge is 0.341 e. The molecule has 0 bridgehead atoms. The van der Waals surface area contributed by atoms with Crippen LogP contribution in [0.15, 0.2) is 29.2 Å². The van der Waals surface area contributed by atoms with Crippen molar-refractivity contribution in [3.05, 3.63) is 45.8 Å². The highest BCUT2D eigenvalue weighted by atomic mass is 35.5. The summed E-state index contributed by atoms with van der Waals surface area (Å²) in [6.07, 6.45) is 2.59. The van der Waals surface area contributed by atoms with Gasteiger partial charge in [0.2, 0.25) is 10.0 Å². The molecule has 1 amide bonds. The molecular weight excluding hydrogens is 522 g/mol. The van der Waals surface area contributed by atoms with E-state index in [1.807, 2.05) is 0 Å². The number of amides is 1. The van der Waals surface area contributed by atoms with Gasteiger partial charge in [0.15, 0.2) is 0 Å². The van der Waals surface area contributed by atoms with Gasteiger partial charge in [0.05, 0.1) is 17.6 Å². The number of hydrogen-bond donors (Lipinski definition) is 1. The molecule has 36 heavy (non-hydrogen) atoms. The monoisotopic (exact) mass is 555 g/mol. The van der Waals surface area contributed by atoms with E-state index in [0.717, 1.165) is 36.4 Å². The molecule has 1 aromatic heterocycles. The van der Waals surface area contributed by atoms with Gasteiger partial charge in [-0.25, -0.2) is 13.2 Å². The topological polar surface area (TPSA) is 96.0 Å². The van der Waals surface area contributed by atoms with E-state index in [4.69, 9.17) is 4.74 Å². The van der Waals surface area contributed by atoms with Gasteiger partial charge in [-0.05, 0) is 68.9 Å². The number of esters is 1. The van der Waals surface area contributed by atoms with Crippen LogP contribution in [0.25, 0.3) is 0 Å². The highest BCUT2D eigenvalue weighted by molar-refractivity contribution is 7.89. The summed E-state index contributed by atoms with van der Waals surface area (Å²) in [5, 5.41) is 3.34. The fraction of sp³-hybridized carbons (Fsp3) is 0.520. The fourth-order valence-corrected chi connectivity index (χ4v) is 7.59. The van der Waals surface area contributed by atoms with E-state index in [-0.39, 0.29) is 17.3 Å². The fourth-order valence-electron chi connectivity index (χ4n) is 4.74. The molecule has 1 N–H and O–H groups in total. The van der Waals surface area contributed by atoms with Crippen molar-refractivity contribution in [2.75, 3.05) is 32.1 Å². The van der Waals surface area contributed by atoms with Crippen molar-refractivity contribution >= 4 is 50.6 Å². The Kier molecular flexibility index (Phi) is 9.21. The number of carbonyl (C=O) groups excluding carboxylic acids is 2. The standard InChI is InChI=1S/C25H33N3O5S2.ClH/c1-16(2)27-13-11-20-21(15-27)34-24(22(20)25(30)33-4)26-23(29)18-7-9-19(10-8-18)35(31,32)28-12-5-6-17(3)14-28;/h7-10,16-17H,5-6,11-15H2,1-4H3,(H,26,29);1H. The molecule has 198 valence electrons. The number of fused-ring (bicyclic) bond motifs is 1. The Morgan fingerprint density at radius 1 is 1.17 bits per heavy atom. The number of thiophene rings is 1. The van der Waals surface area contributed by atoms with Crippen LogP contribution in [-0.2, 0) is 27.7 Å². The Morgan fingerprint density at radius 2 is 1.86 bits per heavy atom. The zero-order chi connectivity index (χ0) is 25.3. The Balaban J connectivity index is 0.00000361. The van der Waals surface area contributed by atoms with Gasteiger partial charge < -0.3 is 10.1 Å². The minimum absolute atomic E-state index is 0. The number of rotatable bonds is 6. The molecule has 2 aromatic rings. The summed E-state index contributed by atoms with van der Waals surface area (Å²) in [6.45, 7) is 8.92. The molecule has 11 heteroatoms. The molecule has 1 fully saturated rings. The number of hydrogen-bond acceptors (Lipinski definition) is 7. The number of benzene rings is 1. The highest BCUT2D eigenvalue weighted by Crippen LogP contribution is 2.38. The number of sulfonamides is 1. The lowest BCUT2D eigenvalue weighted by molar-refractivity contribution is 0.0600. The van der Waals surface area contributed by atoms with Crippen molar-refractivity contribution in [2.24, 2.45) is 5.92 Å². The number of nitrogens with zero attached hydrogens (tertiary/aromatic N) is 2. The maximum Gasteiger partial charge on any atom is 0.341 e. The number of methoxy groups -OCH3 is 1. The third-order valence-electron chi connectivity index (χ3n) is 6.81. The van der Waals surface area contributed by atoms with Crippen LogP contribution in [0.1, 0.15) is 64.8 Å². The molecule has 1 aromatic carbocycles. The molecule has 0 saturated carbocycles. The molecule has 2 aliphatic heterocycles. The maximum absolute atomic E-state index is 13.0. The van der Waals surface area contributed by atoms with Crippen LogP contribution in [0.2, 0.25) is 0 Å². The van der Waals surface area contributed by atoms with Gasteiger partial charge in [0.25, 0.3) is 5.91 Å². The van der Waals surface area contributed by atoms with Crippen LogP contribution in [0.3, 0.4) is 0 Å². The number of ether oxygens (including phenoxy) is 1. The average molecular weight is 556 g/mol. The summed E-state index contributed by atoms with van der Waals surface area (Å²) >= 11 is 1.40. The summed E-state index contributed by atoms with van der Waals surface area (Å²) < 4.78 is 32.6. The van der Waals surface area contributed by atoms with Crippen LogP contribution in [0.5, 0.6) is 0 Å². The van der Waals surface area contributed by atoms with Gasteiger partial charge in [-0.15, -0.1) is 23.7 Å². The van der Waals surface area contributed by atoms with Crippen molar-refractivity contribution < 1.29 is 22.7 Å². The number of halogens is 1. The quantitative estimate of drug-likeness (QED) is 0.531. The third kappa shape index (κ3) is 5.78. The van der Waals surface area contributed by atoms with Crippen LogP contribution < -0.4 is 5.32 Å². The van der Waals surface area contributed by atoms with Gasteiger partial charge in [0.1, 0.15) is 5.00 Å². The van der Waals surface area contributed by atoms with Crippen molar-refractivity contribution in [3.8, 4) is 0 Å². The van der Waals surface area contributed by atoms with Crippen molar-refractivity contribution in [1.29, 1.82) is 0 Å². The van der Waals surface area contributed by atoms with Crippen molar-refractivity contribution in [1.82, 2.24) is 9.21 Å². The molecule has 2 aliphatic rings. The van der Waals surface area contributed by atoms with E-state index < -0.39 is 21.9 Å². The average Bonchev–Trinajstić information content (AvgIpc) is 3.20. The van der Waals surface area contributed by atoms with Crippen LogP contribution in [-0.4, -0.2) is 62.3 Å². The second-order valence-electron chi connectivity index (χ2n) is 9.60. The van der Waals surface area contributed by atoms with Gasteiger partial charge in [-0.3, -0.25) is 9.69 Å². The minimum atomic E-state index is -3.59. The van der Waals surface area contributed by atoms with Gasteiger partial charge in [0, 0.05) is 42.7 Å². The minimum Gasteiger partial charge on any atom is -0.465 e. The summed E-state index contributed by atoms with van der Waals surface area (Å²) in [6, 6.07) is 6.37. The zero-order valence-electron chi connectivity index (χ0n) is 21.1. The lowest BCUT2D eigenvalue weighted by atomic mass is 10.0. The molecule has 4 rings (SSSR count). The number of nitrogens with one attached hydrogen (secondary N) is 1. The SMILES string of the molecule is COC(=O)c1c(NC(=O)c2ccc(S(=O)(=O)N3CCCC(C)C3)cc2)sc2c1CCN(C(C)C)C2.Cl. The van der Waals surface area contributed by atoms with Gasteiger partial charge in [-0.1, -0.05) is 6.92 Å².